The molecular formula is C25H38N4O2. The van der Waals surface area contributed by atoms with Crippen LogP contribution >= 0.6 is 0 Å². The molecule has 2 aromatic rings. The molecule has 2 atom stereocenters. The van der Waals surface area contributed by atoms with Gasteiger partial charge in [0.15, 0.2) is 0 Å². The molecule has 31 heavy (non-hydrogen) atoms. The minimum Gasteiger partial charge on any atom is -0.497 e. The molecule has 1 fully saturated rings. The standard InChI is InChI=1S/C25H38N4O2/c1-17(2)16-29-19(4)23(18(3)27-29)14-24(30)26-15-21-8-7-13-28(5)25(21)20-9-11-22(31-6)12-10-20/h9-12,17,21,25H,7-8,13-16H2,1-6H3,(H,26,30). The van der Waals surface area contributed by atoms with Crippen LogP contribution in [-0.2, 0) is 17.8 Å². The van der Waals surface area contributed by atoms with Gasteiger partial charge >= 0.3 is 0 Å². The number of carbonyl (C=O) groups excluding carboxylic acids is 1. The van der Waals surface area contributed by atoms with Crippen molar-refractivity contribution < 1.29 is 9.53 Å². The Labute approximate surface area is 187 Å². The van der Waals surface area contributed by atoms with Gasteiger partial charge in [0.25, 0.3) is 0 Å². The lowest BCUT2D eigenvalue weighted by atomic mass is 9.85. The van der Waals surface area contributed by atoms with E-state index in [0.717, 1.165) is 48.6 Å². The maximum atomic E-state index is 12.8. The number of nitrogens with one attached hydrogen (secondary N) is 1. The second-order valence-corrected chi connectivity index (χ2v) is 9.31. The molecule has 1 aliphatic rings. The number of piperidine rings is 1. The number of amides is 1. The minimum atomic E-state index is 0.0806. The fraction of sp³-hybridized carbons (Fsp3) is 0.600. The van der Waals surface area contributed by atoms with Crippen molar-refractivity contribution >= 4 is 5.91 Å². The number of aryl methyl sites for hydroxylation is 1. The third-order valence-corrected chi connectivity index (χ3v) is 6.43. The smallest absolute Gasteiger partial charge is 0.224 e. The van der Waals surface area contributed by atoms with Crippen molar-refractivity contribution in [2.24, 2.45) is 11.8 Å². The predicted octanol–water partition coefficient (Wildman–Crippen LogP) is 3.91. The van der Waals surface area contributed by atoms with Gasteiger partial charge < -0.3 is 10.1 Å². The molecule has 6 nitrogen and oxygen atoms in total. The van der Waals surface area contributed by atoms with Crippen molar-refractivity contribution in [3.05, 3.63) is 46.8 Å². The van der Waals surface area contributed by atoms with Gasteiger partial charge in [0.1, 0.15) is 5.75 Å². The monoisotopic (exact) mass is 426 g/mol. The summed E-state index contributed by atoms with van der Waals surface area (Å²) in [5.41, 5.74) is 4.41. The number of rotatable bonds is 8. The summed E-state index contributed by atoms with van der Waals surface area (Å²) in [5, 5.41) is 7.87. The van der Waals surface area contributed by atoms with Crippen LogP contribution in [0.3, 0.4) is 0 Å². The van der Waals surface area contributed by atoms with Gasteiger partial charge in [0, 0.05) is 30.4 Å². The van der Waals surface area contributed by atoms with E-state index in [1.165, 1.54) is 5.56 Å². The predicted molar refractivity (Wildman–Crippen MR) is 124 cm³/mol. The third-order valence-electron chi connectivity index (χ3n) is 6.43. The Morgan fingerprint density at radius 1 is 1.26 bits per heavy atom. The fourth-order valence-electron chi connectivity index (χ4n) is 4.78. The molecule has 2 unspecified atom stereocenters. The van der Waals surface area contributed by atoms with Crippen molar-refractivity contribution in [1.82, 2.24) is 20.0 Å². The largest absolute Gasteiger partial charge is 0.497 e. The molecule has 1 saturated heterocycles. The summed E-state index contributed by atoms with van der Waals surface area (Å²) in [4.78, 5) is 15.2. The lowest BCUT2D eigenvalue weighted by Crippen LogP contribution is -2.42. The normalized spacial score (nSPS) is 19.6. The Kier molecular flexibility index (Phi) is 7.76. The molecule has 1 aromatic heterocycles. The number of benzene rings is 1. The molecule has 0 aliphatic carbocycles. The van der Waals surface area contributed by atoms with Crippen LogP contribution in [0, 0.1) is 25.7 Å². The van der Waals surface area contributed by atoms with Crippen LogP contribution in [0.1, 0.15) is 55.2 Å². The average molecular weight is 427 g/mol. The molecule has 1 amide bonds. The maximum Gasteiger partial charge on any atom is 0.224 e. The Morgan fingerprint density at radius 2 is 1.97 bits per heavy atom. The van der Waals surface area contributed by atoms with Gasteiger partial charge in [0.05, 0.1) is 19.2 Å². The second kappa shape index (κ2) is 10.3. The highest BCUT2D eigenvalue weighted by molar-refractivity contribution is 5.79. The van der Waals surface area contributed by atoms with Crippen LogP contribution in [0.4, 0.5) is 0 Å². The SMILES string of the molecule is COc1ccc(C2C(CNC(=O)Cc3c(C)nn(CC(C)C)c3C)CCCN2C)cc1. The molecule has 1 aliphatic heterocycles. The summed E-state index contributed by atoms with van der Waals surface area (Å²) >= 11 is 0. The molecule has 0 radical (unpaired) electrons. The number of likely N-dealkylation sites (tertiary alicyclic amines) is 1. The summed E-state index contributed by atoms with van der Waals surface area (Å²) in [6, 6.07) is 8.64. The number of carbonyl (C=O) groups is 1. The van der Waals surface area contributed by atoms with Crippen LogP contribution in [0.25, 0.3) is 0 Å². The number of hydrogen-bond donors (Lipinski definition) is 1. The lowest BCUT2D eigenvalue weighted by molar-refractivity contribution is -0.120. The van der Waals surface area contributed by atoms with E-state index in [1.54, 1.807) is 7.11 Å². The number of aromatic nitrogens is 2. The first-order chi connectivity index (χ1) is 14.8. The van der Waals surface area contributed by atoms with Crippen molar-refractivity contribution in [3.8, 4) is 5.75 Å². The van der Waals surface area contributed by atoms with E-state index in [4.69, 9.17) is 4.74 Å². The highest BCUT2D eigenvalue weighted by Crippen LogP contribution is 2.35. The van der Waals surface area contributed by atoms with Gasteiger partial charge in [-0.25, -0.2) is 0 Å². The van der Waals surface area contributed by atoms with Crippen molar-refractivity contribution in [1.29, 1.82) is 0 Å². The molecule has 2 heterocycles. The van der Waals surface area contributed by atoms with E-state index in [0.29, 0.717) is 30.8 Å². The lowest BCUT2D eigenvalue weighted by Gasteiger charge is -2.39. The zero-order valence-corrected chi connectivity index (χ0v) is 19.9. The molecule has 1 aromatic carbocycles. The zero-order valence-electron chi connectivity index (χ0n) is 19.9. The van der Waals surface area contributed by atoms with Crippen LogP contribution in [0.2, 0.25) is 0 Å². The molecule has 0 bridgehead atoms. The van der Waals surface area contributed by atoms with Gasteiger partial charge in [-0.05, 0) is 69.8 Å². The molecule has 1 N–H and O–H groups in total. The number of hydrogen-bond acceptors (Lipinski definition) is 4. The fourth-order valence-corrected chi connectivity index (χ4v) is 4.78. The highest BCUT2D eigenvalue weighted by Gasteiger charge is 2.31. The van der Waals surface area contributed by atoms with Gasteiger partial charge in [-0.2, -0.15) is 5.10 Å². The van der Waals surface area contributed by atoms with Gasteiger partial charge in [-0.15, -0.1) is 0 Å². The van der Waals surface area contributed by atoms with E-state index in [-0.39, 0.29) is 5.91 Å². The van der Waals surface area contributed by atoms with Crippen LogP contribution in [0.15, 0.2) is 24.3 Å². The number of nitrogens with zero attached hydrogens (tertiary/aromatic N) is 3. The summed E-state index contributed by atoms with van der Waals surface area (Å²) in [5.74, 6) is 1.87. The topological polar surface area (TPSA) is 59.4 Å². The quantitative estimate of drug-likeness (QED) is 0.695. The van der Waals surface area contributed by atoms with E-state index in [9.17, 15) is 4.79 Å². The first-order valence-corrected chi connectivity index (χ1v) is 11.4. The molecule has 6 heteroatoms. The van der Waals surface area contributed by atoms with E-state index in [1.807, 2.05) is 23.7 Å². The molecule has 170 valence electrons. The van der Waals surface area contributed by atoms with Crippen molar-refractivity contribution in [3.63, 3.8) is 0 Å². The van der Waals surface area contributed by atoms with Crippen molar-refractivity contribution in [2.45, 2.75) is 59.5 Å². The molecule has 0 spiro atoms. The Morgan fingerprint density at radius 3 is 2.61 bits per heavy atom. The van der Waals surface area contributed by atoms with E-state index < -0.39 is 0 Å². The summed E-state index contributed by atoms with van der Waals surface area (Å²) in [6.07, 6.45) is 2.67. The van der Waals surface area contributed by atoms with E-state index >= 15 is 0 Å². The number of ether oxygens (including phenoxy) is 1. The Bertz CT molecular complexity index is 872. The third kappa shape index (κ3) is 5.67. The van der Waals surface area contributed by atoms with Gasteiger partial charge in [-0.1, -0.05) is 26.0 Å². The highest BCUT2D eigenvalue weighted by atomic mass is 16.5. The Balaban J connectivity index is 1.64. The second-order valence-electron chi connectivity index (χ2n) is 9.31. The summed E-state index contributed by atoms with van der Waals surface area (Å²) < 4.78 is 7.35. The number of methoxy groups -OCH3 is 1. The van der Waals surface area contributed by atoms with E-state index in [2.05, 4.69) is 55.3 Å². The summed E-state index contributed by atoms with van der Waals surface area (Å²) in [6.45, 7) is 11.1. The first kappa shape index (κ1) is 23.3. The molecule has 0 saturated carbocycles. The van der Waals surface area contributed by atoms with Gasteiger partial charge in [-0.3, -0.25) is 14.4 Å². The van der Waals surface area contributed by atoms with Crippen LogP contribution in [0.5, 0.6) is 5.75 Å². The maximum absolute atomic E-state index is 12.8. The zero-order chi connectivity index (χ0) is 22.5. The van der Waals surface area contributed by atoms with Crippen LogP contribution < -0.4 is 10.1 Å². The molecular weight excluding hydrogens is 388 g/mol. The Hall–Kier alpha value is -2.34. The van der Waals surface area contributed by atoms with Crippen molar-refractivity contribution in [2.75, 3.05) is 27.2 Å². The average Bonchev–Trinajstić information content (AvgIpc) is 2.99. The van der Waals surface area contributed by atoms with Gasteiger partial charge in [0.2, 0.25) is 5.91 Å². The minimum absolute atomic E-state index is 0.0806. The molecule has 3 rings (SSSR count). The first-order valence-electron chi connectivity index (χ1n) is 11.4. The summed E-state index contributed by atoms with van der Waals surface area (Å²) in [7, 11) is 3.87. The van der Waals surface area contributed by atoms with Crippen LogP contribution in [-0.4, -0.2) is 47.8 Å².